The molecule has 2 N–H and O–H groups in total. The van der Waals surface area contributed by atoms with Crippen molar-refractivity contribution in [1.29, 1.82) is 0 Å². The van der Waals surface area contributed by atoms with Crippen LogP contribution in [0.1, 0.15) is 11.1 Å². The minimum atomic E-state index is 0.645. The zero-order valence-corrected chi connectivity index (χ0v) is 13.4. The lowest BCUT2D eigenvalue weighted by atomic mass is 10.0. The Morgan fingerprint density at radius 2 is 1.95 bits per heavy atom. The molecule has 106 valence electrons. The molecular formula is C16H15BrN4. The second-order valence-corrected chi connectivity index (χ2v) is 5.95. The van der Waals surface area contributed by atoms with Gasteiger partial charge in [0.05, 0.1) is 11.9 Å². The number of pyridine rings is 1. The van der Waals surface area contributed by atoms with Gasteiger partial charge in [-0.1, -0.05) is 23.8 Å². The molecule has 0 spiro atoms. The fraction of sp³-hybridized carbons (Fsp3) is 0.125. The molecule has 3 aromatic rings. The molecule has 0 saturated carbocycles. The van der Waals surface area contributed by atoms with E-state index < -0.39 is 0 Å². The van der Waals surface area contributed by atoms with Gasteiger partial charge in [-0.05, 0) is 47.5 Å². The summed E-state index contributed by atoms with van der Waals surface area (Å²) < 4.78 is 2.64. The highest BCUT2D eigenvalue weighted by molar-refractivity contribution is 9.10. The molecule has 0 saturated heterocycles. The third-order valence-corrected chi connectivity index (χ3v) is 3.80. The number of halogens is 1. The van der Waals surface area contributed by atoms with Crippen LogP contribution >= 0.6 is 15.9 Å². The van der Waals surface area contributed by atoms with Gasteiger partial charge in [0, 0.05) is 16.2 Å². The van der Waals surface area contributed by atoms with E-state index in [0.717, 1.165) is 27.1 Å². The number of benzene rings is 1. The van der Waals surface area contributed by atoms with Crippen molar-refractivity contribution in [2.45, 2.75) is 13.8 Å². The molecule has 0 atom stereocenters. The molecule has 3 rings (SSSR count). The van der Waals surface area contributed by atoms with Crippen LogP contribution in [0.15, 0.2) is 47.2 Å². The first-order valence-corrected chi connectivity index (χ1v) is 7.38. The van der Waals surface area contributed by atoms with Gasteiger partial charge < -0.3 is 5.73 Å². The molecule has 0 unspecified atom stereocenters. The number of aromatic nitrogens is 3. The molecule has 2 aromatic heterocycles. The van der Waals surface area contributed by atoms with Crippen LogP contribution in [0.4, 0.5) is 5.69 Å². The normalized spacial score (nSPS) is 10.8. The monoisotopic (exact) mass is 342 g/mol. The van der Waals surface area contributed by atoms with Crippen molar-refractivity contribution < 1.29 is 0 Å². The molecule has 4 nitrogen and oxygen atoms in total. The fourth-order valence-electron chi connectivity index (χ4n) is 2.30. The molecule has 0 amide bonds. The van der Waals surface area contributed by atoms with Gasteiger partial charge >= 0.3 is 0 Å². The maximum absolute atomic E-state index is 6.13. The van der Waals surface area contributed by atoms with E-state index in [1.54, 1.807) is 17.1 Å². The van der Waals surface area contributed by atoms with E-state index in [1.165, 1.54) is 5.56 Å². The lowest BCUT2D eigenvalue weighted by Gasteiger charge is -2.05. The number of nitrogens with two attached hydrogens (primary N) is 1. The minimum absolute atomic E-state index is 0.645. The molecule has 0 aliphatic heterocycles. The number of anilines is 1. The summed E-state index contributed by atoms with van der Waals surface area (Å²) >= 11 is 3.37. The first-order valence-electron chi connectivity index (χ1n) is 6.59. The molecule has 0 radical (unpaired) electrons. The molecular weight excluding hydrogens is 328 g/mol. The van der Waals surface area contributed by atoms with E-state index in [1.807, 2.05) is 12.1 Å². The van der Waals surface area contributed by atoms with Crippen LogP contribution in [0.25, 0.3) is 17.1 Å². The van der Waals surface area contributed by atoms with E-state index in [0.29, 0.717) is 5.69 Å². The van der Waals surface area contributed by atoms with Gasteiger partial charge in [-0.2, -0.15) is 5.10 Å². The zero-order chi connectivity index (χ0) is 15.0. The van der Waals surface area contributed by atoms with Crippen molar-refractivity contribution in [3.8, 4) is 17.1 Å². The largest absolute Gasteiger partial charge is 0.396 e. The summed E-state index contributed by atoms with van der Waals surface area (Å²) in [6.07, 6.45) is 3.54. The van der Waals surface area contributed by atoms with Gasteiger partial charge in [-0.15, -0.1) is 0 Å². The van der Waals surface area contributed by atoms with Crippen molar-refractivity contribution >= 4 is 21.6 Å². The smallest absolute Gasteiger partial charge is 0.153 e. The third-order valence-electron chi connectivity index (χ3n) is 3.33. The minimum Gasteiger partial charge on any atom is -0.396 e. The van der Waals surface area contributed by atoms with Gasteiger partial charge in [0.1, 0.15) is 5.69 Å². The predicted octanol–water partition coefficient (Wildman–Crippen LogP) is 3.90. The van der Waals surface area contributed by atoms with E-state index in [4.69, 9.17) is 5.73 Å². The van der Waals surface area contributed by atoms with Gasteiger partial charge in [0.15, 0.2) is 5.82 Å². The summed E-state index contributed by atoms with van der Waals surface area (Å²) in [7, 11) is 0. The van der Waals surface area contributed by atoms with E-state index >= 15 is 0 Å². The van der Waals surface area contributed by atoms with E-state index in [9.17, 15) is 0 Å². The number of aryl methyl sites for hydroxylation is 2. The van der Waals surface area contributed by atoms with E-state index in [2.05, 4.69) is 58.1 Å². The number of nitrogens with zero attached hydrogens (tertiary/aromatic N) is 3. The summed E-state index contributed by atoms with van der Waals surface area (Å²) in [6, 6.07) is 10.1. The molecule has 0 aliphatic rings. The van der Waals surface area contributed by atoms with Gasteiger partial charge in [-0.25, -0.2) is 9.67 Å². The number of hydrogen-bond acceptors (Lipinski definition) is 3. The Balaban J connectivity index is 2.07. The molecule has 0 aliphatic carbocycles. The summed E-state index contributed by atoms with van der Waals surface area (Å²) in [5, 5.41) is 4.58. The average molecular weight is 343 g/mol. The van der Waals surface area contributed by atoms with Crippen LogP contribution in [0, 0.1) is 13.8 Å². The molecule has 0 bridgehead atoms. The van der Waals surface area contributed by atoms with Gasteiger partial charge in [-0.3, -0.25) is 0 Å². The Kier molecular flexibility index (Phi) is 3.51. The summed E-state index contributed by atoms with van der Waals surface area (Å²) in [6.45, 7) is 4.14. The van der Waals surface area contributed by atoms with Crippen molar-refractivity contribution in [2.24, 2.45) is 0 Å². The number of hydrogen-bond donors (Lipinski definition) is 1. The second-order valence-electron chi connectivity index (χ2n) is 5.03. The first-order chi connectivity index (χ1) is 10.0. The van der Waals surface area contributed by atoms with Gasteiger partial charge in [0.25, 0.3) is 0 Å². The van der Waals surface area contributed by atoms with Crippen LogP contribution < -0.4 is 5.73 Å². The Morgan fingerprint density at radius 3 is 2.62 bits per heavy atom. The standard InChI is InChI=1S/C16H15BrN4/c1-10-3-5-13(11(2)7-10)16-14(18)9-21(20-16)15-6-4-12(17)8-19-15/h3-9H,18H2,1-2H3. The van der Waals surface area contributed by atoms with Crippen LogP contribution in [-0.4, -0.2) is 14.8 Å². The quantitative estimate of drug-likeness (QED) is 0.768. The second kappa shape index (κ2) is 5.33. The van der Waals surface area contributed by atoms with Crippen molar-refractivity contribution in [1.82, 2.24) is 14.8 Å². The Bertz CT molecular complexity index is 791. The molecule has 5 heteroatoms. The third kappa shape index (κ3) is 2.69. The topological polar surface area (TPSA) is 56.7 Å². The zero-order valence-electron chi connectivity index (χ0n) is 11.8. The summed E-state index contributed by atoms with van der Waals surface area (Å²) in [4.78, 5) is 4.33. The van der Waals surface area contributed by atoms with Crippen molar-refractivity contribution in [3.05, 3.63) is 58.3 Å². The maximum atomic E-state index is 6.13. The van der Waals surface area contributed by atoms with Crippen LogP contribution in [0.2, 0.25) is 0 Å². The number of nitrogen functional groups attached to an aromatic ring is 1. The highest BCUT2D eigenvalue weighted by Crippen LogP contribution is 2.28. The highest BCUT2D eigenvalue weighted by atomic mass is 79.9. The van der Waals surface area contributed by atoms with Crippen molar-refractivity contribution in [2.75, 3.05) is 5.73 Å². The molecule has 21 heavy (non-hydrogen) atoms. The summed E-state index contributed by atoms with van der Waals surface area (Å²) in [5.74, 6) is 0.737. The van der Waals surface area contributed by atoms with Crippen LogP contribution in [0.5, 0.6) is 0 Å². The molecule has 2 heterocycles. The van der Waals surface area contributed by atoms with Crippen LogP contribution in [-0.2, 0) is 0 Å². The van der Waals surface area contributed by atoms with E-state index in [-0.39, 0.29) is 0 Å². The Labute approximate surface area is 131 Å². The van der Waals surface area contributed by atoms with Gasteiger partial charge in [0.2, 0.25) is 0 Å². The fourth-order valence-corrected chi connectivity index (χ4v) is 2.53. The predicted molar refractivity (Wildman–Crippen MR) is 88.4 cm³/mol. The molecule has 0 fully saturated rings. The summed E-state index contributed by atoms with van der Waals surface area (Å²) in [5.41, 5.74) is 11.0. The lowest BCUT2D eigenvalue weighted by Crippen LogP contribution is -1.97. The molecule has 1 aromatic carbocycles. The highest BCUT2D eigenvalue weighted by Gasteiger charge is 2.12. The van der Waals surface area contributed by atoms with Crippen molar-refractivity contribution in [3.63, 3.8) is 0 Å². The average Bonchev–Trinajstić information content (AvgIpc) is 2.81. The SMILES string of the molecule is Cc1ccc(-c2nn(-c3ccc(Br)cn3)cc2N)c(C)c1. The lowest BCUT2D eigenvalue weighted by molar-refractivity contribution is 0.849. The number of rotatable bonds is 2. The first kappa shape index (κ1) is 13.8. The van der Waals surface area contributed by atoms with Crippen LogP contribution in [0.3, 0.4) is 0 Å². The Hall–Kier alpha value is -2.14. The Morgan fingerprint density at radius 1 is 1.14 bits per heavy atom. The maximum Gasteiger partial charge on any atom is 0.153 e.